The molecule has 0 aromatic carbocycles. The van der Waals surface area contributed by atoms with Gasteiger partial charge in [0.05, 0.1) is 18.8 Å². The smallest absolute Gasteiger partial charge is 0.325 e. The fourth-order valence-corrected chi connectivity index (χ4v) is 3.05. The van der Waals surface area contributed by atoms with Crippen LogP contribution in [0.15, 0.2) is 4.99 Å². The van der Waals surface area contributed by atoms with Crippen LogP contribution in [0.1, 0.15) is 40.0 Å². The highest BCUT2D eigenvalue weighted by Gasteiger charge is 2.50. The Morgan fingerprint density at radius 3 is 2.69 bits per heavy atom. The van der Waals surface area contributed by atoms with Crippen molar-refractivity contribution >= 4 is 17.9 Å². The summed E-state index contributed by atoms with van der Waals surface area (Å²) >= 11 is 0. The average Bonchev–Trinajstić information content (AvgIpc) is 2.94. The third kappa shape index (κ3) is 4.85. The van der Waals surface area contributed by atoms with E-state index in [1.54, 1.807) is 11.9 Å². The highest BCUT2D eigenvalue weighted by molar-refractivity contribution is 6.04. The standard InChI is InChI=1S/C17H31N5O4/c1-5-6-7-8-18-16-19-14-13(15(24)20-17(25)21(14)4)22(16)9-12(23)10-26-11(2)3/h11-14,23H,5-10H2,1-4H3,(H,18,19)(H,20,24,25). The highest BCUT2D eigenvalue weighted by atomic mass is 16.5. The number of aliphatic hydroxyl groups excluding tert-OH is 1. The molecule has 0 aromatic heterocycles. The Bertz CT molecular complexity index is 539. The van der Waals surface area contributed by atoms with Crippen LogP contribution in [0.4, 0.5) is 4.79 Å². The number of fused-ring (bicyclic) bond motifs is 1. The molecule has 2 heterocycles. The number of aliphatic hydroxyl groups is 1. The number of imide groups is 1. The van der Waals surface area contributed by atoms with Crippen molar-refractivity contribution in [2.75, 3.05) is 26.7 Å². The summed E-state index contributed by atoms with van der Waals surface area (Å²) in [6, 6.07) is -1.07. The van der Waals surface area contributed by atoms with Crippen molar-refractivity contribution < 1.29 is 19.4 Å². The molecule has 0 aromatic rings. The van der Waals surface area contributed by atoms with Crippen LogP contribution in [0.2, 0.25) is 0 Å². The minimum atomic E-state index is -0.769. The molecule has 0 spiro atoms. The number of ether oxygens (including phenoxy) is 1. The summed E-state index contributed by atoms with van der Waals surface area (Å²) in [5.41, 5.74) is 0. The van der Waals surface area contributed by atoms with Gasteiger partial charge >= 0.3 is 6.03 Å². The Balaban J connectivity index is 2.14. The predicted octanol–water partition coefficient (Wildman–Crippen LogP) is 0.100. The molecule has 3 atom stereocenters. The number of carbonyl (C=O) groups is 2. The summed E-state index contributed by atoms with van der Waals surface area (Å²) in [7, 11) is 1.63. The molecule has 0 bridgehead atoms. The Kier molecular flexibility index (Phi) is 7.22. The molecule has 3 N–H and O–H groups in total. The third-order valence-electron chi connectivity index (χ3n) is 4.47. The molecule has 0 saturated carbocycles. The number of hydrogen-bond acceptors (Lipinski definition) is 5. The molecule has 3 unspecified atom stereocenters. The number of guanidine groups is 1. The number of hydrogen-bond donors (Lipinski definition) is 3. The third-order valence-corrected chi connectivity index (χ3v) is 4.47. The summed E-state index contributed by atoms with van der Waals surface area (Å²) in [6.45, 7) is 6.92. The van der Waals surface area contributed by atoms with E-state index in [1.807, 2.05) is 13.8 Å². The Hall–Kier alpha value is -1.87. The Labute approximate surface area is 154 Å². The SMILES string of the molecule is CCCCCN=C1NC2C(C(=O)NC(=O)N2C)N1CC(O)COC(C)C. The van der Waals surface area contributed by atoms with Crippen LogP contribution in [0, 0.1) is 0 Å². The number of urea groups is 1. The van der Waals surface area contributed by atoms with Crippen LogP contribution in [0.5, 0.6) is 0 Å². The molecule has 26 heavy (non-hydrogen) atoms. The van der Waals surface area contributed by atoms with E-state index in [1.165, 1.54) is 4.90 Å². The van der Waals surface area contributed by atoms with Crippen LogP contribution < -0.4 is 10.6 Å². The second-order valence-electron chi connectivity index (χ2n) is 7.04. The van der Waals surface area contributed by atoms with Gasteiger partial charge in [-0.1, -0.05) is 19.8 Å². The minimum Gasteiger partial charge on any atom is -0.389 e. The first-order valence-electron chi connectivity index (χ1n) is 9.30. The molecular formula is C17H31N5O4. The number of nitrogens with zero attached hydrogens (tertiary/aromatic N) is 3. The summed E-state index contributed by atoms with van der Waals surface area (Å²) in [5, 5.41) is 15.8. The molecule has 0 radical (unpaired) electrons. The normalized spacial score (nSPS) is 25.5. The zero-order chi connectivity index (χ0) is 19.3. The predicted molar refractivity (Wildman–Crippen MR) is 97.6 cm³/mol. The van der Waals surface area contributed by atoms with Crippen molar-refractivity contribution in [3.63, 3.8) is 0 Å². The number of carbonyl (C=O) groups excluding carboxylic acids is 2. The lowest BCUT2D eigenvalue weighted by molar-refractivity contribution is -0.127. The van der Waals surface area contributed by atoms with E-state index in [2.05, 4.69) is 22.5 Å². The van der Waals surface area contributed by atoms with Gasteiger partial charge < -0.3 is 25.0 Å². The Morgan fingerprint density at radius 2 is 2.04 bits per heavy atom. The lowest BCUT2D eigenvalue weighted by Gasteiger charge is -2.35. The summed E-state index contributed by atoms with van der Waals surface area (Å²) < 4.78 is 5.46. The van der Waals surface area contributed by atoms with Crippen molar-refractivity contribution in [3.8, 4) is 0 Å². The molecule has 148 valence electrons. The van der Waals surface area contributed by atoms with E-state index < -0.39 is 24.3 Å². The molecule has 2 fully saturated rings. The molecule has 2 rings (SSSR count). The lowest BCUT2D eigenvalue weighted by atomic mass is 10.1. The maximum atomic E-state index is 12.4. The first-order valence-corrected chi connectivity index (χ1v) is 9.30. The van der Waals surface area contributed by atoms with Crippen LogP contribution in [-0.2, 0) is 9.53 Å². The van der Waals surface area contributed by atoms with Gasteiger partial charge in [0, 0.05) is 20.1 Å². The second-order valence-corrected chi connectivity index (χ2v) is 7.04. The van der Waals surface area contributed by atoms with Gasteiger partial charge in [0.15, 0.2) is 12.0 Å². The summed E-state index contributed by atoms with van der Waals surface area (Å²) in [5.74, 6) is 0.151. The molecule has 2 aliphatic rings. The van der Waals surface area contributed by atoms with E-state index in [-0.39, 0.29) is 25.2 Å². The topological polar surface area (TPSA) is 106 Å². The van der Waals surface area contributed by atoms with Crippen LogP contribution in [0.25, 0.3) is 0 Å². The largest absolute Gasteiger partial charge is 0.389 e. The van der Waals surface area contributed by atoms with Gasteiger partial charge in [0.25, 0.3) is 5.91 Å². The fourth-order valence-electron chi connectivity index (χ4n) is 3.05. The number of unbranched alkanes of at least 4 members (excludes halogenated alkanes) is 2. The van der Waals surface area contributed by atoms with Gasteiger partial charge in [0.2, 0.25) is 0 Å². The van der Waals surface area contributed by atoms with E-state index in [0.29, 0.717) is 12.5 Å². The zero-order valence-corrected chi connectivity index (χ0v) is 16.1. The van der Waals surface area contributed by atoms with Crippen LogP contribution in [-0.4, -0.2) is 84.0 Å². The first kappa shape index (κ1) is 20.4. The number of aliphatic imine (C=N–C) groups is 1. The zero-order valence-electron chi connectivity index (χ0n) is 16.1. The molecule has 2 saturated heterocycles. The van der Waals surface area contributed by atoms with Crippen LogP contribution in [0.3, 0.4) is 0 Å². The van der Waals surface area contributed by atoms with Crippen molar-refractivity contribution in [3.05, 3.63) is 0 Å². The molecule has 0 aliphatic carbocycles. The van der Waals surface area contributed by atoms with Gasteiger partial charge in [-0.3, -0.25) is 15.1 Å². The van der Waals surface area contributed by atoms with Gasteiger partial charge in [0.1, 0.15) is 6.17 Å². The number of amides is 3. The number of nitrogens with one attached hydrogen (secondary N) is 2. The average molecular weight is 369 g/mol. The summed E-state index contributed by atoms with van der Waals surface area (Å²) in [4.78, 5) is 32.0. The van der Waals surface area contributed by atoms with Crippen molar-refractivity contribution in [1.29, 1.82) is 0 Å². The van der Waals surface area contributed by atoms with E-state index in [9.17, 15) is 14.7 Å². The number of rotatable bonds is 9. The molecule has 9 nitrogen and oxygen atoms in total. The second kappa shape index (κ2) is 9.18. The van der Waals surface area contributed by atoms with Crippen LogP contribution >= 0.6 is 0 Å². The van der Waals surface area contributed by atoms with Crippen molar-refractivity contribution in [2.24, 2.45) is 4.99 Å². The number of β-amino-alcohol motifs (C(OH)–C–C–N with tert-alkyl or cyclic N) is 1. The van der Waals surface area contributed by atoms with Gasteiger partial charge in [-0.05, 0) is 20.3 Å². The number of likely N-dealkylation sites (N-methyl/N-ethyl adjacent to an activating group) is 1. The maximum absolute atomic E-state index is 12.4. The molecule has 9 heteroatoms. The highest BCUT2D eigenvalue weighted by Crippen LogP contribution is 2.21. The Morgan fingerprint density at radius 1 is 1.31 bits per heavy atom. The first-order chi connectivity index (χ1) is 12.3. The van der Waals surface area contributed by atoms with Gasteiger partial charge in [-0.25, -0.2) is 4.79 Å². The van der Waals surface area contributed by atoms with E-state index >= 15 is 0 Å². The quantitative estimate of drug-likeness (QED) is 0.498. The minimum absolute atomic E-state index is 0.0121. The van der Waals surface area contributed by atoms with Gasteiger partial charge in [-0.15, -0.1) is 0 Å². The summed E-state index contributed by atoms with van der Waals surface area (Å²) in [6.07, 6.45) is 1.86. The fraction of sp³-hybridized carbons (Fsp3) is 0.824. The lowest BCUT2D eigenvalue weighted by Crippen LogP contribution is -2.65. The van der Waals surface area contributed by atoms with Crippen molar-refractivity contribution in [2.45, 2.75) is 64.4 Å². The van der Waals surface area contributed by atoms with E-state index in [4.69, 9.17) is 4.74 Å². The maximum Gasteiger partial charge on any atom is 0.325 e. The van der Waals surface area contributed by atoms with Gasteiger partial charge in [-0.2, -0.15) is 0 Å². The molecule has 2 aliphatic heterocycles. The molecular weight excluding hydrogens is 338 g/mol. The van der Waals surface area contributed by atoms with E-state index in [0.717, 1.165) is 19.3 Å². The molecule has 3 amide bonds. The monoisotopic (exact) mass is 369 g/mol. The van der Waals surface area contributed by atoms with Crippen molar-refractivity contribution in [1.82, 2.24) is 20.4 Å².